The molecule has 0 bridgehead atoms. The Labute approximate surface area is 133 Å². The fourth-order valence-corrected chi connectivity index (χ4v) is 4.38. The van der Waals surface area contributed by atoms with Crippen molar-refractivity contribution in [2.24, 2.45) is 0 Å². The fourth-order valence-electron chi connectivity index (χ4n) is 4.38. The smallest absolute Gasteiger partial charge is 0.251 e. The van der Waals surface area contributed by atoms with Gasteiger partial charge in [0.1, 0.15) is 0 Å². The number of carbonyl (C=O) groups is 2. The molecule has 4 nitrogen and oxygen atoms in total. The zero-order valence-electron chi connectivity index (χ0n) is 13.9. The maximum atomic E-state index is 12.8. The molecule has 0 aromatic heterocycles. The van der Waals surface area contributed by atoms with E-state index in [1.807, 2.05) is 4.90 Å². The number of amides is 2. The van der Waals surface area contributed by atoms with Crippen molar-refractivity contribution in [1.29, 1.82) is 0 Å². The van der Waals surface area contributed by atoms with Gasteiger partial charge in [0, 0.05) is 17.7 Å². The number of nitrogens with zero attached hydrogens (tertiary/aromatic N) is 1. The second-order valence-corrected chi connectivity index (χ2v) is 7.30. The van der Waals surface area contributed by atoms with E-state index in [2.05, 4.69) is 19.2 Å². The van der Waals surface area contributed by atoms with Crippen LogP contribution in [0.15, 0.2) is 11.1 Å². The summed E-state index contributed by atoms with van der Waals surface area (Å²) in [6, 6.07) is 0.800. The molecule has 2 fully saturated rings. The predicted octanol–water partition coefficient (Wildman–Crippen LogP) is 2.93. The second kappa shape index (κ2) is 6.43. The van der Waals surface area contributed by atoms with Crippen molar-refractivity contribution in [1.82, 2.24) is 10.2 Å². The Bertz CT molecular complexity index is 489. The minimum atomic E-state index is 0.0395. The Morgan fingerprint density at radius 1 is 1.18 bits per heavy atom. The summed E-state index contributed by atoms with van der Waals surface area (Å²) in [7, 11) is 0. The number of carbonyl (C=O) groups excluding carboxylic acids is 2. The van der Waals surface area contributed by atoms with Crippen LogP contribution in [0.1, 0.15) is 71.6 Å². The van der Waals surface area contributed by atoms with Crippen LogP contribution in [0.5, 0.6) is 0 Å². The van der Waals surface area contributed by atoms with Gasteiger partial charge in [-0.25, -0.2) is 0 Å². The number of nitrogens with one attached hydrogen (secondary N) is 1. The number of fused-ring (bicyclic) bond motifs is 1. The highest BCUT2D eigenvalue weighted by Crippen LogP contribution is 2.38. The molecule has 1 aliphatic heterocycles. The average Bonchev–Trinajstić information content (AvgIpc) is 3.06. The van der Waals surface area contributed by atoms with Gasteiger partial charge < -0.3 is 10.2 Å². The maximum Gasteiger partial charge on any atom is 0.251 e. The molecule has 2 saturated carbocycles. The molecule has 1 N–H and O–H groups in total. The topological polar surface area (TPSA) is 49.4 Å². The molecule has 2 aliphatic carbocycles. The summed E-state index contributed by atoms with van der Waals surface area (Å²) in [5.74, 6) is 0.149. The molecule has 22 heavy (non-hydrogen) atoms. The fraction of sp³-hybridized carbons (Fsp3) is 0.778. The molecule has 0 spiro atoms. The first-order valence-corrected chi connectivity index (χ1v) is 8.92. The monoisotopic (exact) mass is 304 g/mol. The molecule has 0 aromatic carbocycles. The molecule has 0 saturated heterocycles. The van der Waals surface area contributed by atoms with Crippen molar-refractivity contribution >= 4 is 11.8 Å². The van der Waals surface area contributed by atoms with Crippen LogP contribution in [0.25, 0.3) is 0 Å². The third-order valence-corrected chi connectivity index (χ3v) is 5.41. The lowest BCUT2D eigenvalue weighted by Gasteiger charge is -2.33. The van der Waals surface area contributed by atoms with E-state index in [1.54, 1.807) is 0 Å². The molecule has 0 aromatic rings. The van der Waals surface area contributed by atoms with E-state index in [9.17, 15) is 9.59 Å². The largest absolute Gasteiger partial charge is 0.353 e. The molecule has 0 radical (unpaired) electrons. The zero-order chi connectivity index (χ0) is 15.7. The Balaban J connectivity index is 1.72. The van der Waals surface area contributed by atoms with Crippen LogP contribution in [0.3, 0.4) is 0 Å². The molecule has 3 aliphatic rings. The van der Waals surface area contributed by atoms with E-state index in [0.717, 1.165) is 37.7 Å². The van der Waals surface area contributed by atoms with Crippen LogP contribution in [0.4, 0.5) is 0 Å². The van der Waals surface area contributed by atoms with Crippen LogP contribution in [-0.2, 0) is 9.59 Å². The van der Waals surface area contributed by atoms with Gasteiger partial charge >= 0.3 is 0 Å². The summed E-state index contributed by atoms with van der Waals surface area (Å²) in [6.45, 7) is 4.15. The minimum absolute atomic E-state index is 0.0395. The SMILES string of the molecule is CC(C)N1C(=O)C(CC(=O)NC2CCCC2)=C2CCCCC21. The predicted molar refractivity (Wildman–Crippen MR) is 86.3 cm³/mol. The van der Waals surface area contributed by atoms with E-state index in [-0.39, 0.29) is 30.3 Å². The van der Waals surface area contributed by atoms with Gasteiger partial charge in [0.2, 0.25) is 5.91 Å². The van der Waals surface area contributed by atoms with Crippen molar-refractivity contribution in [2.75, 3.05) is 0 Å². The zero-order valence-corrected chi connectivity index (χ0v) is 13.9. The first-order chi connectivity index (χ1) is 10.6. The number of rotatable bonds is 4. The summed E-state index contributed by atoms with van der Waals surface area (Å²) in [5.41, 5.74) is 2.06. The van der Waals surface area contributed by atoms with Crippen molar-refractivity contribution in [3.05, 3.63) is 11.1 Å². The van der Waals surface area contributed by atoms with Crippen LogP contribution in [0.2, 0.25) is 0 Å². The molecule has 2 amide bonds. The van der Waals surface area contributed by atoms with Gasteiger partial charge in [0.05, 0.1) is 12.5 Å². The van der Waals surface area contributed by atoms with Gasteiger partial charge in [-0.3, -0.25) is 9.59 Å². The highest BCUT2D eigenvalue weighted by Gasteiger charge is 2.41. The lowest BCUT2D eigenvalue weighted by atomic mass is 9.88. The number of hydrogen-bond acceptors (Lipinski definition) is 2. The van der Waals surface area contributed by atoms with Gasteiger partial charge in [-0.05, 0) is 51.5 Å². The van der Waals surface area contributed by atoms with Gasteiger partial charge in [-0.2, -0.15) is 0 Å². The van der Waals surface area contributed by atoms with Gasteiger partial charge in [-0.15, -0.1) is 0 Å². The first-order valence-electron chi connectivity index (χ1n) is 8.92. The Morgan fingerprint density at radius 2 is 1.86 bits per heavy atom. The summed E-state index contributed by atoms with van der Waals surface area (Å²) >= 11 is 0. The molecular weight excluding hydrogens is 276 g/mol. The van der Waals surface area contributed by atoms with Crippen molar-refractivity contribution in [2.45, 2.75) is 89.8 Å². The minimum Gasteiger partial charge on any atom is -0.353 e. The third kappa shape index (κ3) is 2.92. The first kappa shape index (κ1) is 15.6. The summed E-state index contributed by atoms with van der Waals surface area (Å²) < 4.78 is 0. The molecular formula is C18H28N2O2. The number of hydrogen-bond donors (Lipinski definition) is 1. The third-order valence-electron chi connectivity index (χ3n) is 5.41. The molecule has 4 heteroatoms. The quantitative estimate of drug-likeness (QED) is 0.868. The Kier molecular flexibility index (Phi) is 4.55. The van der Waals surface area contributed by atoms with E-state index >= 15 is 0 Å². The average molecular weight is 304 g/mol. The van der Waals surface area contributed by atoms with Gasteiger partial charge in [0.25, 0.3) is 5.91 Å². The van der Waals surface area contributed by atoms with Crippen molar-refractivity contribution < 1.29 is 9.59 Å². The Morgan fingerprint density at radius 3 is 2.55 bits per heavy atom. The van der Waals surface area contributed by atoms with Crippen molar-refractivity contribution in [3.8, 4) is 0 Å². The molecule has 1 unspecified atom stereocenters. The molecule has 1 heterocycles. The lowest BCUT2D eigenvalue weighted by molar-refractivity contribution is -0.130. The van der Waals surface area contributed by atoms with Crippen molar-refractivity contribution in [3.63, 3.8) is 0 Å². The van der Waals surface area contributed by atoms with Crippen LogP contribution in [-0.4, -0.2) is 34.8 Å². The molecule has 3 rings (SSSR count). The van der Waals surface area contributed by atoms with Gasteiger partial charge in [0.15, 0.2) is 0 Å². The van der Waals surface area contributed by atoms with Crippen LogP contribution < -0.4 is 5.32 Å². The summed E-state index contributed by atoms with van der Waals surface area (Å²) in [5, 5.41) is 3.12. The maximum absolute atomic E-state index is 12.8. The van der Waals surface area contributed by atoms with E-state index in [1.165, 1.54) is 24.8 Å². The molecule has 122 valence electrons. The second-order valence-electron chi connectivity index (χ2n) is 7.30. The summed E-state index contributed by atoms with van der Waals surface area (Å²) in [4.78, 5) is 27.1. The van der Waals surface area contributed by atoms with Crippen LogP contribution >= 0.6 is 0 Å². The van der Waals surface area contributed by atoms with Gasteiger partial charge in [-0.1, -0.05) is 19.3 Å². The van der Waals surface area contributed by atoms with E-state index in [4.69, 9.17) is 0 Å². The summed E-state index contributed by atoms with van der Waals surface area (Å²) in [6.07, 6.45) is 9.27. The van der Waals surface area contributed by atoms with Crippen LogP contribution in [0, 0.1) is 0 Å². The van der Waals surface area contributed by atoms with E-state index < -0.39 is 0 Å². The Hall–Kier alpha value is -1.32. The van der Waals surface area contributed by atoms with E-state index in [0.29, 0.717) is 6.04 Å². The molecule has 1 atom stereocenters. The standard InChI is InChI=1S/C18H28N2O2/c1-12(2)20-16-10-6-5-9-14(16)15(18(20)22)11-17(21)19-13-7-3-4-8-13/h12-13,16H,3-11H2,1-2H3,(H,19,21). The normalized spacial score (nSPS) is 26.0. The highest BCUT2D eigenvalue weighted by molar-refractivity contribution is 6.02. The highest BCUT2D eigenvalue weighted by atomic mass is 16.2. The lowest BCUT2D eigenvalue weighted by Crippen LogP contribution is -2.42.